The zero-order valence-corrected chi connectivity index (χ0v) is 28.8. The van der Waals surface area contributed by atoms with Crippen molar-refractivity contribution in [3.63, 3.8) is 0 Å². The summed E-state index contributed by atoms with van der Waals surface area (Å²) < 4.78 is 63.2. The molecule has 252 valence electrons. The van der Waals surface area contributed by atoms with E-state index in [1.54, 1.807) is 97.1 Å². The number of hydrogen-bond donors (Lipinski definition) is 0. The Balaban J connectivity index is 1.96. The number of benzene rings is 4. The Kier molecular flexibility index (Phi) is 11.9. The zero-order chi connectivity index (χ0) is 35.6. The predicted molar refractivity (Wildman–Crippen MR) is 187 cm³/mol. The molecule has 0 aliphatic rings. The smallest absolute Gasteiger partial charge is 0.171 e. The summed E-state index contributed by atoms with van der Waals surface area (Å²) >= 11 is 0. The summed E-state index contributed by atoms with van der Waals surface area (Å²) in [5.41, 5.74) is 2.60. The fraction of sp³-hybridized carbons (Fsp3) is 0.211. The van der Waals surface area contributed by atoms with Gasteiger partial charge < -0.3 is 28.4 Å². The Morgan fingerprint density at radius 2 is 0.837 bits per heavy atom. The molecule has 0 aliphatic heterocycles. The number of ether oxygens (including phenoxy) is 6. The van der Waals surface area contributed by atoms with Crippen molar-refractivity contribution < 1.29 is 36.8 Å². The molecule has 10 nitrogen and oxygen atoms in total. The molecule has 4 aromatic rings. The van der Waals surface area contributed by atoms with Crippen LogP contribution in [0.5, 0.6) is 34.5 Å². The maximum Gasteiger partial charge on any atom is 0.171 e. The number of nitriles is 2. The third kappa shape index (κ3) is 7.98. The highest BCUT2D eigenvalue weighted by Crippen LogP contribution is 2.41. The van der Waals surface area contributed by atoms with Crippen LogP contribution in [0.1, 0.15) is 43.9 Å². The summed E-state index contributed by atoms with van der Waals surface area (Å²) in [5.74, 6) is 2.63. The fourth-order valence-electron chi connectivity index (χ4n) is 5.23. The lowest BCUT2D eigenvalue weighted by Crippen LogP contribution is -2.19. The molecule has 0 fully saturated rings. The highest BCUT2D eigenvalue weighted by atomic mass is 32.2. The lowest BCUT2D eigenvalue weighted by atomic mass is 10.1. The summed E-state index contributed by atoms with van der Waals surface area (Å²) in [6.45, 7) is 0. The van der Waals surface area contributed by atoms with E-state index in [1.807, 2.05) is 0 Å². The molecule has 0 spiro atoms. The molecule has 0 radical (unpaired) electrons. The maximum atomic E-state index is 15.0. The maximum absolute atomic E-state index is 15.0. The summed E-state index contributed by atoms with van der Waals surface area (Å²) in [7, 11) is 4.81. The average molecular weight is 681 g/mol. The molecule has 11 heteroatoms. The molecule has 4 aromatic carbocycles. The van der Waals surface area contributed by atoms with Crippen LogP contribution in [0, 0.1) is 22.7 Å². The Hall–Kier alpha value is -5.91. The monoisotopic (exact) mass is 680 g/mol. The minimum atomic E-state index is -4.20. The van der Waals surface area contributed by atoms with E-state index >= 15 is 8.42 Å². The quantitative estimate of drug-likeness (QED) is 0.136. The van der Waals surface area contributed by atoms with E-state index in [1.165, 1.54) is 42.7 Å². The van der Waals surface area contributed by atoms with Crippen LogP contribution in [0.15, 0.2) is 84.9 Å². The van der Waals surface area contributed by atoms with Gasteiger partial charge in [-0.15, -0.1) is 0 Å². The second-order valence-corrected chi connectivity index (χ2v) is 12.7. The van der Waals surface area contributed by atoms with Gasteiger partial charge >= 0.3 is 0 Å². The zero-order valence-electron chi connectivity index (χ0n) is 28.0. The molecule has 0 amide bonds. The molecule has 0 heterocycles. The number of sulfone groups is 1. The Labute approximate surface area is 286 Å². The molecule has 49 heavy (non-hydrogen) atoms. The van der Waals surface area contributed by atoms with Crippen LogP contribution in [0.4, 0.5) is 0 Å². The molecule has 4 rings (SSSR count). The normalized spacial score (nSPS) is 12.5. The summed E-state index contributed by atoms with van der Waals surface area (Å²) in [5, 5.41) is 16.4. The van der Waals surface area contributed by atoms with E-state index < -0.39 is 20.3 Å². The van der Waals surface area contributed by atoms with E-state index in [0.717, 1.165) is 0 Å². The van der Waals surface area contributed by atoms with Crippen LogP contribution in [0.25, 0.3) is 12.2 Å². The van der Waals surface area contributed by atoms with Crippen molar-refractivity contribution in [1.29, 1.82) is 10.5 Å². The van der Waals surface area contributed by atoms with E-state index in [0.29, 0.717) is 67.9 Å². The molecule has 0 bridgehead atoms. The van der Waals surface area contributed by atoms with Gasteiger partial charge in [-0.1, -0.05) is 36.4 Å². The van der Waals surface area contributed by atoms with Gasteiger partial charge in [-0.2, -0.15) is 10.5 Å². The molecular weight excluding hydrogens is 644 g/mol. The van der Waals surface area contributed by atoms with Crippen molar-refractivity contribution in [1.82, 2.24) is 0 Å². The molecule has 2 unspecified atom stereocenters. The number of methoxy groups -OCH3 is 6. The summed E-state index contributed by atoms with van der Waals surface area (Å²) in [6.07, 6.45) is 6.38. The van der Waals surface area contributed by atoms with Crippen LogP contribution < -0.4 is 28.4 Å². The Morgan fingerprint density at radius 3 is 1.08 bits per heavy atom. The molecule has 2 atom stereocenters. The first-order chi connectivity index (χ1) is 23.7. The van der Waals surface area contributed by atoms with Crippen molar-refractivity contribution in [2.45, 2.75) is 10.5 Å². The number of rotatable bonds is 14. The highest BCUT2D eigenvalue weighted by molar-refractivity contribution is 7.92. The van der Waals surface area contributed by atoms with Crippen molar-refractivity contribution in [2.24, 2.45) is 0 Å². The lowest BCUT2D eigenvalue weighted by Gasteiger charge is -2.22. The van der Waals surface area contributed by atoms with Crippen LogP contribution in [0.3, 0.4) is 0 Å². The van der Waals surface area contributed by atoms with Gasteiger partial charge in [0.15, 0.2) is 9.84 Å². The van der Waals surface area contributed by atoms with Crippen LogP contribution >= 0.6 is 0 Å². The van der Waals surface area contributed by atoms with Gasteiger partial charge in [0.2, 0.25) is 0 Å². The van der Waals surface area contributed by atoms with Gasteiger partial charge in [0.25, 0.3) is 0 Å². The van der Waals surface area contributed by atoms with Crippen molar-refractivity contribution in [2.75, 3.05) is 42.7 Å². The summed E-state index contributed by atoms with van der Waals surface area (Å²) in [6, 6.07) is 23.6. The Bertz CT molecular complexity index is 1830. The largest absolute Gasteiger partial charge is 0.496 e. The van der Waals surface area contributed by atoms with Gasteiger partial charge in [0.1, 0.15) is 45.0 Å². The second-order valence-electron chi connectivity index (χ2n) is 10.5. The van der Waals surface area contributed by atoms with Crippen LogP contribution in [-0.2, 0) is 9.84 Å². The molecular formula is C38H36N2O8S. The van der Waals surface area contributed by atoms with Gasteiger partial charge in [-0.05, 0) is 47.5 Å². The van der Waals surface area contributed by atoms with Gasteiger partial charge in [-0.25, -0.2) is 8.42 Å². The first kappa shape index (κ1) is 35.9. The van der Waals surface area contributed by atoms with Crippen molar-refractivity contribution in [3.8, 4) is 46.6 Å². The molecule has 0 aliphatic carbocycles. The van der Waals surface area contributed by atoms with E-state index in [9.17, 15) is 10.5 Å². The van der Waals surface area contributed by atoms with E-state index in [2.05, 4.69) is 12.1 Å². The standard InChI is InChI=1S/C38H36N2O8S/c1-43-29-19-33(45-3)31(34(20-29)46-4)15-17-37(27-11-7-25(23-39)8-12-27)49(41,42)38(28-13-9-26(24-40)10-14-28)18-16-32-35(47-5)21-30(44-2)22-36(32)48-6/h7-22,37-38H,1-6H3/b17-15+,18-16+. The number of hydrogen-bond acceptors (Lipinski definition) is 10. The van der Waals surface area contributed by atoms with Gasteiger partial charge in [0, 0.05) is 24.3 Å². The first-order valence-electron chi connectivity index (χ1n) is 14.9. The third-order valence-corrected chi connectivity index (χ3v) is 10.1. The molecule has 0 aromatic heterocycles. The van der Waals surface area contributed by atoms with Crippen LogP contribution in [0.2, 0.25) is 0 Å². The SMILES string of the molecule is COc1cc(OC)c(/C=C/C(c2ccc(C#N)cc2)S(=O)(=O)C(/C=C/c2c(OC)cc(OC)cc2OC)c2ccc(C#N)cc2)c(OC)c1. The van der Waals surface area contributed by atoms with Crippen LogP contribution in [-0.4, -0.2) is 51.1 Å². The van der Waals surface area contributed by atoms with Crippen molar-refractivity contribution >= 4 is 22.0 Å². The summed E-state index contributed by atoms with van der Waals surface area (Å²) in [4.78, 5) is 0. The minimum Gasteiger partial charge on any atom is -0.496 e. The molecule has 0 N–H and O–H groups in total. The predicted octanol–water partition coefficient (Wildman–Crippen LogP) is 7.11. The lowest BCUT2D eigenvalue weighted by molar-refractivity contribution is 0.374. The van der Waals surface area contributed by atoms with Gasteiger partial charge in [-0.3, -0.25) is 0 Å². The minimum absolute atomic E-state index is 0.379. The van der Waals surface area contributed by atoms with E-state index in [4.69, 9.17) is 28.4 Å². The first-order valence-corrected chi connectivity index (χ1v) is 16.5. The third-order valence-electron chi connectivity index (χ3n) is 7.83. The van der Waals surface area contributed by atoms with Gasteiger partial charge in [0.05, 0.1) is 77.1 Å². The molecule has 0 saturated heterocycles. The highest BCUT2D eigenvalue weighted by Gasteiger charge is 2.34. The molecule has 0 saturated carbocycles. The second kappa shape index (κ2) is 16.3. The number of nitrogens with zero attached hydrogens (tertiary/aromatic N) is 2. The fourth-order valence-corrected chi connectivity index (χ4v) is 7.22. The van der Waals surface area contributed by atoms with Crippen molar-refractivity contribution in [3.05, 3.63) is 118 Å². The average Bonchev–Trinajstić information content (AvgIpc) is 3.14. The topological polar surface area (TPSA) is 137 Å². The Morgan fingerprint density at radius 1 is 0.531 bits per heavy atom. The van der Waals surface area contributed by atoms with E-state index in [-0.39, 0.29) is 0 Å².